The van der Waals surface area contributed by atoms with Crippen molar-refractivity contribution in [3.8, 4) is 5.88 Å². The van der Waals surface area contributed by atoms with Gasteiger partial charge in [0.25, 0.3) is 5.91 Å². The second kappa shape index (κ2) is 9.21. The second-order valence-corrected chi connectivity index (χ2v) is 7.75. The molecule has 0 unspecified atom stereocenters. The molecule has 1 amide bonds. The normalized spacial score (nSPS) is 11.3. The van der Waals surface area contributed by atoms with Gasteiger partial charge < -0.3 is 14.5 Å². The summed E-state index contributed by atoms with van der Waals surface area (Å²) >= 11 is 0. The summed E-state index contributed by atoms with van der Waals surface area (Å²) in [7, 11) is 5.69. The standard InChI is InChI=1S/C22H28FN5O2/c1-15-11-16(2)24-21-20(15)22(25-27(21)5)30-14-19(29)28(10-9-26(3)4)13-17-7-6-8-18(23)12-17/h6-8,11-12H,9-10,13-14H2,1-5H3. The number of ether oxygens (including phenoxy) is 1. The van der Waals surface area contributed by atoms with E-state index in [0.717, 1.165) is 27.9 Å². The molecule has 0 aliphatic heterocycles. The number of pyridine rings is 1. The lowest BCUT2D eigenvalue weighted by molar-refractivity contribution is -0.134. The van der Waals surface area contributed by atoms with Crippen LogP contribution in [-0.2, 0) is 18.4 Å². The van der Waals surface area contributed by atoms with Gasteiger partial charge >= 0.3 is 0 Å². The third kappa shape index (κ3) is 5.13. The van der Waals surface area contributed by atoms with E-state index >= 15 is 0 Å². The molecule has 0 atom stereocenters. The molecule has 0 bridgehead atoms. The molecule has 160 valence electrons. The molecule has 2 heterocycles. The van der Waals surface area contributed by atoms with E-state index in [4.69, 9.17) is 4.74 Å². The van der Waals surface area contributed by atoms with Crippen LogP contribution in [0, 0.1) is 19.7 Å². The lowest BCUT2D eigenvalue weighted by Gasteiger charge is -2.24. The third-order valence-corrected chi connectivity index (χ3v) is 4.85. The van der Waals surface area contributed by atoms with Crippen molar-refractivity contribution >= 4 is 16.9 Å². The minimum absolute atomic E-state index is 0.151. The summed E-state index contributed by atoms with van der Waals surface area (Å²) in [5.41, 5.74) is 3.35. The largest absolute Gasteiger partial charge is 0.466 e. The fourth-order valence-corrected chi connectivity index (χ4v) is 3.34. The summed E-state index contributed by atoms with van der Waals surface area (Å²) in [6.45, 7) is 5.27. The molecule has 0 N–H and O–H groups in total. The number of likely N-dealkylation sites (N-methyl/N-ethyl adjacent to an activating group) is 1. The van der Waals surface area contributed by atoms with E-state index in [9.17, 15) is 9.18 Å². The average molecular weight is 413 g/mol. The SMILES string of the molecule is Cc1cc(C)c2c(OCC(=O)N(CCN(C)C)Cc3cccc(F)c3)nn(C)c2n1. The van der Waals surface area contributed by atoms with E-state index in [1.54, 1.807) is 22.7 Å². The highest BCUT2D eigenvalue weighted by Gasteiger charge is 2.19. The topological polar surface area (TPSA) is 63.5 Å². The van der Waals surface area contributed by atoms with Gasteiger partial charge in [0.15, 0.2) is 12.3 Å². The molecule has 7 nitrogen and oxygen atoms in total. The summed E-state index contributed by atoms with van der Waals surface area (Å²) in [6.07, 6.45) is 0. The van der Waals surface area contributed by atoms with Gasteiger partial charge in [0, 0.05) is 32.4 Å². The van der Waals surface area contributed by atoms with Gasteiger partial charge in [-0.1, -0.05) is 12.1 Å². The molecule has 8 heteroatoms. The first-order valence-corrected chi connectivity index (χ1v) is 9.85. The Morgan fingerprint density at radius 2 is 1.97 bits per heavy atom. The Hall–Kier alpha value is -3.00. The van der Waals surface area contributed by atoms with Crippen molar-refractivity contribution in [3.05, 3.63) is 53.0 Å². The van der Waals surface area contributed by atoms with Gasteiger partial charge in [-0.25, -0.2) is 14.1 Å². The lowest BCUT2D eigenvalue weighted by Crippen LogP contribution is -2.39. The lowest BCUT2D eigenvalue weighted by atomic mass is 10.2. The van der Waals surface area contributed by atoms with Crippen LogP contribution in [0.1, 0.15) is 16.8 Å². The predicted octanol–water partition coefficient (Wildman–Crippen LogP) is 2.69. The molecule has 0 saturated carbocycles. The van der Waals surface area contributed by atoms with Crippen molar-refractivity contribution in [2.24, 2.45) is 7.05 Å². The zero-order valence-electron chi connectivity index (χ0n) is 18.1. The van der Waals surface area contributed by atoms with Crippen LogP contribution in [0.5, 0.6) is 5.88 Å². The quantitative estimate of drug-likeness (QED) is 0.568. The number of carbonyl (C=O) groups excluding carboxylic acids is 1. The molecule has 0 radical (unpaired) electrons. The maximum absolute atomic E-state index is 13.6. The number of nitrogens with zero attached hydrogens (tertiary/aromatic N) is 5. The van der Waals surface area contributed by atoms with Crippen molar-refractivity contribution in [3.63, 3.8) is 0 Å². The molecule has 3 aromatic rings. The van der Waals surface area contributed by atoms with Gasteiger partial charge in [0.1, 0.15) is 5.82 Å². The molecule has 0 spiro atoms. The zero-order chi connectivity index (χ0) is 21.8. The highest BCUT2D eigenvalue weighted by molar-refractivity contribution is 5.85. The molecule has 3 rings (SSSR count). The fourth-order valence-electron chi connectivity index (χ4n) is 3.34. The maximum atomic E-state index is 13.6. The van der Waals surface area contributed by atoms with Gasteiger partial charge in [-0.05, 0) is 57.3 Å². The van der Waals surface area contributed by atoms with Crippen molar-refractivity contribution in [1.82, 2.24) is 24.6 Å². The smallest absolute Gasteiger partial charge is 0.260 e. The minimum atomic E-state index is -0.318. The van der Waals surface area contributed by atoms with Gasteiger partial charge in [-0.3, -0.25) is 4.79 Å². The van der Waals surface area contributed by atoms with E-state index in [1.165, 1.54) is 12.1 Å². The van der Waals surface area contributed by atoms with E-state index in [-0.39, 0.29) is 18.3 Å². The summed E-state index contributed by atoms with van der Waals surface area (Å²) in [5.74, 6) is -0.108. The van der Waals surface area contributed by atoms with Gasteiger partial charge in [0.05, 0.1) is 5.39 Å². The van der Waals surface area contributed by atoms with Crippen LogP contribution in [0.2, 0.25) is 0 Å². The fraction of sp³-hybridized carbons (Fsp3) is 0.409. The Labute approximate surface area is 176 Å². The number of carbonyl (C=O) groups is 1. The Bertz CT molecular complexity index is 1050. The number of aryl methyl sites for hydroxylation is 3. The van der Waals surface area contributed by atoms with Crippen LogP contribution in [0.3, 0.4) is 0 Å². The first-order chi connectivity index (χ1) is 14.2. The minimum Gasteiger partial charge on any atom is -0.466 e. The molecule has 0 aliphatic carbocycles. The van der Waals surface area contributed by atoms with Gasteiger partial charge in [0.2, 0.25) is 5.88 Å². The number of hydrogen-bond acceptors (Lipinski definition) is 5. The Balaban J connectivity index is 1.76. The Morgan fingerprint density at radius 1 is 1.20 bits per heavy atom. The van der Waals surface area contributed by atoms with Crippen molar-refractivity contribution < 1.29 is 13.9 Å². The number of hydrogen-bond donors (Lipinski definition) is 0. The molecule has 0 saturated heterocycles. The second-order valence-electron chi connectivity index (χ2n) is 7.75. The molecule has 30 heavy (non-hydrogen) atoms. The number of amides is 1. The number of fused-ring (bicyclic) bond motifs is 1. The highest BCUT2D eigenvalue weighted by atomic mass is 19.1. The monoisotopic (exact) mass is 413 g/mol. The highest BCUT2D eigenvalue weighted by Crippen LogP contribution is 2.27. The molecular formula is C22H28FN5O2. The van der Waals surface area contributed by atoms with Crippen LogP contribution in [0.15, 0.2) is 30.3 Å². The van der Waals surface area contributed by atoms with Crippen molar-refractivity contribution in [2.75, 3.05) is 33.8 Å². The maximum Gasteiger partial charge on any atom is 0.260 e. The van der Waals surface area contributed by atoms with E-state index in [0.29, 0.717) is 25.5 Å². The third-order valence-electron chi connectivity index (χ3n) is 4.85. The summed E-state index contributed by atoms with van der Waals surface area (Å²) in [5, 5.41) is 5.20. The van der Waals surface area contributed by atoms with E-state index in [1.807, 2.05) is 45.0 Å². The summed E-state index contributed by atoms with van der Waals surface area (Å²) in [4.78, 5) is 21.1. The van der Waals surface area contributed by atoms with Crippen LogP contribution < -0.4 is 4.74 Å². The first kappa shape index (κ1) is 21.7. The van der Waals surface area contributed by atoms with Gasteiger partial charge in [-0.2, -0.15) is 0 Å². The molecule has 0 aliphatic rings. The van der Waals surface area contributed by atoms with E-state index < -0.39 is 0 Å². The van der Waals surface area contributed by atoms with Crippen LogP contribution in [0.25, 0.3) is 11.0 Å². The summed E-state index contributed by atoms with van der Waals surface area (Å²) < 4.78 is 21.0. The average Bonchev–Trinajstić information content (AvgIpc) is 2.99. The van der Waals surface area contributed by atoms with Crippen molar-refractivity contribution in [2.45, 2.75) is 20.4 Å². The molecule has 0 fully saturated rings. The van der Waals surface area contributed by atoms with Crippen LogP contribution >= 0.6 is 0 Å². The van der Waals surface area contributed by atoms with E-state index in [2.05, 4.69) is 10.1 Å². The number of rotatable bonds is 8. The Kier molecular flexibility index (Phi) is 6.66. The Morgan fingerprint density at radius 3 is 2.67 bits per heavy atom. The molecule has 1 aromatic carbocycles. The predicted molar refractivity (Wildman–Crippen MR) is 114 cm³/mol. The number of benzene rings is 1. The van der Waals surface area contributed by atoms with Gasteiger partial charge in [-0.15, -0.1) is 5.10 Å². The molecular weight excluding hydrogens is 385 g/mol. The van der Waals surface area contributed by atoms with Crippen molar-refractivity contribution in [1.29, 1.82) is 0 Å². The van der Waals surface area contributed by atoms with Crippen LogP contribution in [-0.4, -0.2) is 64.3 Å². The molecule has 2 aromatic heterocycles. The summed E-state index contributed by atoms with van der Waals surface area (Å²) in [6, 6.07) is 8.26. The zero-order valence-corrected chi connectivity index (χ0v) is 18.1. The number of halogens is 1. The number of aromatic nitrogens is 3. The first-order valence-electron chi connectivity index (χ1n) is 9.85. The van der Waals surface area contributed by atoms with Crippen LogP contribution in [0.4, 0.5) is 4.39 Å².